The largest absolute Gasteiger partial charge is 0.381 e. The van der Waals surface area contributed by atoms with Crippen molar-refractivity contribution in [2.24, 2.45) is 5.92 Å². The van der Waals surface area contributed by atoms with Crippen molar-refractivity contribution in [3.05, 3.63) is 0 Å². The van der Waals surface area contributed by atoms with Crippen LogP contribution in [0.1, 0.15) is 20.3 Å². The molecule has 0 spiro atoms. The number of hydrogen-bond donors (Lipinski definition) is 1. The fraction of sp³-hybridized carbons (Fsp3) is 1.00. The Morgan fingerprint density at radius 1 is 1.35 bits per heavy atom. The Bertz CT molecular complexity index is 231. The SMILES string of the molecule is CNC(CN1CC(C)OCC1C)C1CCOC1. The molecule has 2 aliphatic rings. The number of morpholine rings is 1. The van der Waals surface area contributed by atoms with Crippen molar-refractivity contribution in [2.75, 3.05) is 40.0 Å². The lowest BCUT2D eigenvalue weighted by Gasteiger charge is -2.39. The zero-order chi connectivity index (χ0) is 12.3. The second-order valence-electron chi connectivity index (χ2n) is 5.47. The molecule has 4 unspecified atom stereocenters. The van der Waals surface area contributed by atoms with Crippen LogP contribution in [-0.4, -0.2) is 63.0 Å². The fourth-order valence-corrected chi connectivity index (χ4v) is 2.83. The monoisotopic (exact) mass is 242 g/mol. The van der Waals surface area contributed by atoms with Gasteiger partial charge in [0.25, 0.3) is 0 Å². The van der Waals surface area contributed by atoms with E-state index < -0.39 is 0 Å². The molecule has 2 aliphatic heterocycles. The minimum atomic E-state index is 0.364. The third-order valence-corrected chi connectivity index (χ3v) is 4.07. The smallest absolute Gasteiger partial charge is 0.0674 e. The van der Waals surface area contributed by atoms with Crippen LogP contribution >= 0.6 is 0 Å². The lowest BCUT2D eigenvalue weighted by molar-refractivity contribution is -0.0538. The number of hydrogen-bond acceptors (Lipinski definition) is 4. The third kappa shape index (κ3) is 3.41. The summed E-state index contributed by atoms with van der Waals surface area (Å²) in [5.41, 5.74) is 0. The molecule has 0 aromatic carbocycles. The van der Waals surface area contributed by atoms with E-state index in [4.69, 9.17) is 9.47 Å². The number of nitrogens with zero attached hydrogens (tertiary/aromatic N) is 1. The quantitative estimate of drug-likeness (QED) is 0.787. The second kappa shape index (κ2) is 6.14. The molecule has 4 heteroatoms. The highest BCUT2D eigenvalue weighted by atomic mass is 16.5. The minimum Gasteiger partial charge on any atom is -0.381 e. The zero-order valence-electron chi connectivity index (χ0n) is 11.3. The molecule has 100 valence electrons. The lowest BCUT2D eigenvalue weighted by atomic mass is 9.98. The minimum absolute atomic E-state index is 0.364. The number of rotatable bonds is 4. The summed E-state index contributed by atoms with van der Waals surface area (Å²) in [5, 5.41) is 3.46. The Morgan fingerprint density at radius 3 is 2.82 bits per heavy atom. The molecule has 0 bridgehead atoms. The van der Waals surface area contributed by atoms with Gasteiger partial charge in [0.15, 0.2) is 0 Å². The van der Waals surface area contributed by atoms with Crippen molar-refractivity contribution >= 4 is 0 Å². The van der Waals surface area contributed by atoms with E-state index in [0.29, 0.717) is 24.1 Å². The third-order valence-electron chi connectivity index (χ3n) is 4.07. The molecule has 2 saturated heterocycles. The molecule has 0 radical (unpaired) electrons. The van der Waals surface area contributed by atoms with Crippen LogP contribution in [0.2, 0.25) is 0 Å². The zero-order valence-corrected chi connectivity index (χ0v) is 11.3. The van der Waals surface area contributed by atoms with Gasteiger partial charge in [-0.15, -0.1) is 0 Å². The topological polar surface area (TPSA) is 33.7 Å². The van der Waals surface area contributed by atoms with Crippen LogP contribution in [0.25, 0.3) is 0 Å². The van der Waals surface area contributed by atoms with Crippen molar-refractivity contribution in [3.63, 3.8) is 0 Å². The van der Waals surface area contributed by atoms with Gasteiger partial charge >= 0.3 is 0 Å². The number of likely N-dealkylation sites (N-methyl/N-ethyl adjacent to an activating group) is 1. The van der Waals surface area contributed by atoms with Gasteiger partial charge in [0.2, 0.25) is 0 Å². The van der Waals surface area contributed by atoms with Crippen molar-refractivity contribution in [1.82, 2.24) is 10.2 Å². The van der Waals surface area contributed by atoms with E-state index in [1.807, 2.05) is 0 Å². The molecule has 0 aliphatic carbocycles. The summed E-state index contributed by atoms with van der Waals surface area (Å²) in [5.74, 6) is 0.672. The molecular weight excluding hydrogens is 216 g/mol. The predicted molar refractivity (Wildman–Crippen MR) is 68.2 cm³/mol. The van der Waals surface area contributed by atoms with E-state index in [-0.39, 0.29) is 0 Å². The summed E-state index contributed by atoms with van der Waals surface area (Å²) in [6.45, 7) is 9.28. The van der Waals surface area contributed by atoms with Crippen molar-refractivity contribution in [3.8, 4) is 0 Å². The Balaban J connectivity index is 1.87. The first kappa shape index (κ1) is 13.3. The van der Waals surface area contributed by atoms with Crippen molar-refractivity contribution < 1.29 is 9.47 Å². The summed E-state index contributed by atoms with van der Waals surface area (Å²) < 4.78 is 11.2. The Hall–Kier alpha value is -0.160. The van der Waals surface area contributed by atoms with Gasteiger partial charge in [0.1, 0.15) is 0 Å². The maximum atomic E-state index is 5.67. The number of ether oxygens (including phenoxy) is 2. The lowest BCUT2D eigenvalue weighted by Crippen LogP contribution is -2.53. The molecule has 0 saturated carbocycles. The van der Waals surface area contributed by atoms with Crippen LogP contribution in [0.15, 0.2) is 0 Å². The number of nitrogens with one attached hydrogen (secondary N) is 1. The van der Waals surface area contributed by atoms with Gasteiger partial charge in [0, 0.05) is 37.7 Å². The highest BCUT2D eigenvalue weighted by molar-refractivity contribution is 4.85. The first-order valence-corrected chi connectivity index (χ1v) is 6.81. The van der Waals surface area contributed by atoms with Gasteiger partial charge in [-0.1, -0.05) is 0 Å². The highest BCUT2D eigenvalue weighted by Gasteiger charge is 2.30. The van der Waals surface area contributed by atoms with Crippen molar-refractivity contribution in [2.45, 2.75) is 38.5 Å². The van der Waals surface area contributed by atoms with Crippen LogP contribution in [0.4, 0.5) is 0 Å². The molecule has 4 nitrogen and oxygen atoms in total. The summed E-state index contributed by atoms with van der Waals surface area (Å²) >= 11 is 0. The van der Waals surface area contributed by atoms with Crippen LogP contribution in [-0.2, 0) is 9.47 Å². The average Bonchev–Trinajstić information content (AvgIpc) is 2.84. The van der Waals surface area contributed by atoms with Crippen LogP contribution in [0.5, 0.6) is 0 Å². The molecule has 17 heavy (non-hydrogen) atoms. The molecular formula is C13H26N2O2. The standard InChI is InChI=1S/C13H26N2O2/c1-10-8-17-11(2)6-15(10)7-13(14-3)12-4-5-16-9-12/h10-14H,4-9H2,1-3H3. The van der Waals surface area contributed by atoms with E-state index in [9.17, 15) is 0 Å². The van der Waals surface area contributed by atoms with E-state index in [0.717, 1.165) is 32.9 Å². The molecule has 4 atom stereocenters. The van der Waals surface area contributed by atoms with Gasteiger partial charge in [0.05, 0.1) is 19.3 Å². The van der Waals surface area contributed by atoms with E-state index in [2.05, 4.69) is 31.1 Å². The van der Waals surface area contributed by atoms with Gasteiger partial charge < -0.3 is 14.8 Å². The molecule has 2 rings (SSSR count). The van der Waals surface area contributed by atoms with Gasteiger partial charge in [-0.2, -0.15) is 0 Å². The summed E-state index contributed by atoms with van der Waals surface area (Å²) in [6.07, 6.45) is 1.56. The van der Waals surface area contributed by atoms with Crippen LogP contribution < -0.4 is 5.32 Å². The van der Waals surface area contributed by atoms with Crippen LogP contribution in [0, 0.1) is 5.92 Å². The van der Waals surface area contributed by atoms with Crippen LogP contribution in [0.3, 0.4) is 0 Å². The van der Waals surface area contributed by atoms with E-state index >= 15 is 0 Å². The predicted octanol–water partition coefficient (Wildman–Crippen LogP) is 0.720. The maximum Gasteiger partial charge on any atom is 0.0674 e. The van der Waals surface area contributed by atoms with Gasteiger partial charge in [-0.25, -0.2) is 0 Å². The van der Waals surface area contributed by atoms with E-state index in [1.165, 1.54) is 6.42 Å². The first-order chi connectivity index (χ1) is 8.20. The highest BCUT2D eigenvalue weighted by Crippen LogP contribution is 2.19. The first-order valence-electron chi connectivity index (χ1n) is 6.81. The second-order valence-corrected chi connectivity index (χ2v) is 5.47. The summed E-state index contributed by atoms with van der Waals surface area (Å²) in [6, 6.07) is 1.08. The maximum absolute atomic E-state index is 5.67. The molecule has 1 N–H and O–H groups in total. The fourth-order valence-electron chi connectivity index (χ4n) is 2.83. The Labute approximate surface area is 105 Å². The summed E-state index contributed by atoms with van der Waals surface area (Å²) in [4.78, 5) is 2.55. The molecule has 2 fully saturated rings. The Kier molecular flexibility index (Phi) is 4.79. The normalized spacial score (nSPS) is 37.2. The Morgan fingerprint density at radius 2 is 2.18 bits per heavy atom. The average molecular weight is 242 g/mol. The van der Waals surface area contributed by atoms with Gasteiger partial charge in [-0.05, 0) is 27.3 Å². The summed E-state index contributed by atoms with van der Waals surface area (Å²) in [7, 11) is 2.07. The molecule has 0 aromatic rings. The molecule has 0 aromatic heterocycles. The molecule has 0 amide bonds. The van der Waals surface area contributed by atoms with Gasteiger partial charge in [-0.3, -0.25) is 4.90 Å². The molecule has 2 heterocycles. The van der Waals surface area contributed by atoms with Crippen molar-refractivity contribution in [1.29, 1.82) is 0 Å². The van der Waals surface area contributed by atoms with E-state index in [1.54, 1.807) is 0 Å².